The molecule has 0 aliphatic rings. The van der Waals surface area contributed by atoms with Crippen molar-refractivity contribution in [1.82, 2.24) is 0 Å². The maximum Gasteiger partial charge on any atom is 0.200 e. The van der Waals surface area contributed by atoms with Crippen molar-refractivity contribution in [3.8, 4) is 0 Å². The smallest absolute Gasteiger partial charge is 0.200 e. The Morgan fingerprint density at radius 1 is 1.13 bits per heavy atom. The molecule has 0 aliphatic heterocycles. The molecule has 15 heavy (non-hydrogen) atoms. The van der Waals surface area contributed by atoms with Crippen molar-refractivity contribution < 1.29 is 4.43 Å². The summed E-state index contributed by atoms with van der Waals surface area (Å²) in [5.41, 5.74) is 10.9. The zero-order valence-electron chi connectivity index (χ0n) is 9.39. The molecule has 0 aromatic rings. The average molecular weight is 236 g/mol. The Morgan fingerprint density at radius 2 is 1.47 bits per heavy atom. The monoisotopic (exact) mass is 236 g/mol. The maximum atomic E-state index is 5.81. The van der Waals surface area contributed by atoms with Gasteiger partial charge in [0.2, 0.25) is 8.32 Å². The van der Waals surface area contributed by atoms with Crippen LogP contribution in [0, 0.1) is 0 Å². The van der Waals surface area contributed by atoms with Crippen LogP contribution in [0.25, 0.3) is 0 Å². The highest BCUT2D eigenvalue weighted by Crippen LogP contribution is 2.14. The summed E-state index contributed by atoms with van der Waals surface area (Å²) in [6.45, 7) is 14.7. The Kier molecular flexibility index (Phi) is 16.7. The van der Waals surface area contributed by atoms with Gasteiger partial charge in [-0.05, 0) is 26.9 Å². The summed E-state index contributed by atoms with van der Waals surface area (Å²) < 4.78 is 5.81. The predicted octanol–water partition coefficient (Wildman–Crippen LogP) is 2.52. The molecule has 0 unspecified atom stereocenters. The first-order valence-corrected chi connectivity index (χ1v) is 7.55. The van der Waals surface area contributed by atoms with Gasteiger partial charge in [0.1, 0.15) is 0 Å². The van der Waals surface area contributed by atoms with E-state index in [9.17, 15) is 0 Å². The SMILES string of the molecule is C.C.C=C.CC(C)(CN)O[Si](C)(C)CN. The fraction of sp³-hybridized carbons (Fsp3) is 0.818. The topological polar surface area (TPSA) is 61.3 Å². The fourth-order valence-electron chi connectivity index (χ4n) is 0.831. The largest absolute Gasteiger partial charge is 0.410 e. The van der Waals surface area contributed by atoms with Crippen molar-refractivity contribution in [1.29, 1.82) is 0 Å². The van der Waals surface area contributed by atoms with E-state index in [-0.39, 0.29) is 20.5 Å². The summed E-state index contributed by atoms with van der Waals surface area (Å²) in [5.74, 6) is 0. The van der Waals surface area contributed by atoms with E-state index in [0.29, 0.717) is 12.7 Å². The summed E-state index contributed by atoms with van der Waals surface area (Å²) in [7, 11) is -1.64. The minimum absolute atomic E-state index is 0. The Labute approximate surface area is 98.0 Å². The number of nitrogens with two attached hydrogens (primary N) is 2. The van der Waals surface area contributed by atoms with E-state index in [1.54, 1.807) is 0 Å². The first-order chi connectivity index (χ1) is 5.83. The van der Waals surface area contributed by atoms with Gasteiger partial charge in [-0.15, -0.1) is 13.2 Å². The van der Waals surface area contributed by atoms with Crippen LogP contribution in [0.3, 0.4) is 0 Å². The van der Waals surface area contributed by atoms with Crippen LogP contribution in [-0.4, -0.2) is 26.6 Å². The first kappa shape index (κ1) is 24.2. The molecule has 0 amide bonds. The third-order valence-corrected chi connectivity index (χ3v) is 3.62. The quantitative estimate of drug-likeness (QED) is 0.582. The molecule has 0 fully saturated rings. The molecule has 0 atom stereocenters. The standard InChI is InChI=1S/C7H20N2OSi.C2H4.2CH4/c1-7(2,5-8)10-11(3,4)6-9;1-2;;/h5-6,8-9H2,1-4H3;1-2H2;2*1H4. The van der Waals surface area contributed by atoms with E-state index in [0.717, 1.165) is 0 Å². The van der Waals surface area contributed by atoms with Gasteiger partial charge in [-0.25, -0.2) is 0 Å². The van der Waals surface area contributed by atoms with Crippen molar-refractivity contribution in [2.45, 2.75) is 47.4 Å². The fourth-order valence-corrected chi connectivity index (χ4v) is 2.49. The molecule has 0 bridgehead atoms. The first-order valence-electron chi connectivity index (χ1n) is 4.43. The average Bonchev–Trinajstić information content (AvgIpc) is 2.07. The van der Waals surface area contributed by atoms with E-state index in [1.165, 1.54) is 0 Å². The molecular formula is C11H32N2OSi. The highest BCUT2D eigenvalue weighted by molar-refractivity contribution is 6.71. The van der Waals surface area contributed by atoms with Crippen LogP contribution in [0.1, 0.15) is 28.7 Å². The normalized spacial score (nSPS) is 10.3. The van der Waals surface area contributed by atoms with Crippen LogP contribution in [-0.2, 0) is 4.43 Å². The highest BCUT2D eigenvalue weighted by atomic mass is 28.4. The second-order valence-electron chi connectivity index (χ2n) is 4.03. The third kappa shape index (κ3) is 13.8. The lowest BCUT2D eigenvalue weighted by Crippen LogP contribution is -2.49. The van der Waals surface area contributed by atoms with Crippen LogP contribution >= 0.6 is 0 Å². The summed E-state index contributed by atoms with van der Waals surface area (Å²) in [6.07, 6.45) is 0.649. The summed E-state index contributed by atoms with van der Waals surface area (Å²) in [5, 5.41) is 0. The predicted molar refractivity (Wildman–Crippen MR) is 75.5 cm³/mol. The molecule has 4 heteroatoms. The van der Waals surface area contributed by atoms with E-state index in [4.69, 9.17) is 15.9 Å². The Balaban J connectivity index is -0.000000142. The van der Waals surface area contributed by atoms with Gasteiger partial charge in [-0.1, -0.05) is 14.9 Å². The van der Waals surface area contributed by atoms with Crippen molar-refractivity contribution in [2.75, 3.05) is 12.7 Å². The summed E-state index contributed by atoms with van der Waals surface area (Å²) >= 11 is 0. The number of hydrogen-bond acceptors (Lipinski definition) is 3. The summed E-state index contributed by atoms with van der Waals surface area (Å²) in [6, 6.07) is 0. The van der Waals surface area contributed by atoms with Gasteiger partial charge in [0.25, 0.3) is 0 Å². The lowest BCUT2D eigenvalue weighted by molar-refractivity contribution is 0.109. The van der Waals surface area contributed by atoms with Gasteiger partial charge in [-0.3, -0.25) is 0 Å². The van der Waals surface area contributed by atoms with E-state index in [1.807, 2.05) is 13.8 Å². The van der Waals surface area contributed by atoms with Gasteiger partial charge in [0, 0.05) is 12.7 Å². The summed E-state index contributed by atoms with van der Waals surface area (Å²) in [4.78, 5) is 0. The maximum absolute atomic E-state index is 5.81. The van der Waals surface area contributed by atoms with Crippen molar-refractivity contribution in [2.24, 2.45) is 11.5 Å². The van der Waals surface area contributed by atoms with Gasteiger partial charge in [0.05, 0.1) is 5.60 Å². The molecule has 0 radical (unpaired) electrons. The van der Waals surface area contributed by atoms with Crippen molar-refractivity contribution in [3.63, 3.8) is 0 Å². The zero-order valence-corrected chi connectivity index (χ0v) is 10.4. The molecule has 4 N–H and O–H groups in total. The van der Waals surface area contributed by atoms with E-state index < -0.39 is 8.32 Å². The molecule has 0 saturated carbocycles. The van der Waals surface area contributed by atoms with Crippen molar-refractivity contribution >= 4 is 8.32 Å². The molecule has 0 rings (SSSR count). The minimum atomic E-state index is -1.64. The van der Waals surface area contributed by atoms with Crippen LogP contribution in [0.4, 0.5) is 0 Å². The van der Waals surface area contributed by atoms with Gasteiger partial charge in [-0.2, -0.15) is 0 Å². The van der Waals surface area contributed by atoms with Crippen LogP contribution in [0.2, 0.25) is 13.1 Å². The molecule has 0 heterocycles. The second-order valence-corrected chi connectivity index (χ2v) is 8.16. The molecule has 96 valence electrons. The van der Waals surface area contributed by atoms with Crippen LogP contribution in [0.5, 0.6) is 0 Å². The van der Waals surface area contributed by atoms with E-state index in [2.05, 4.69) is 26.3 Å². The van der Waals surface area contributed by atoms with Gasteiger partial charge in [0.15, 0.2) is 0 Å². The lowest BCUT2D eigenvalue weighted by atomic mass is 10.1. The van der Waals surface area contributed by atoms with Gasteiger partial charge >= 0.3 is 0 Å². The molecule has 0 aromatic heterocycles. The molecule has 0 saturated heterocycles. The minimum Gasteiger partial charge on any atom is -0.410 e. The number of rotatable bonds is 4. The zero-order chi connectivity index (χ0) is 11.1. The van der Waals surface area contributed by atoms with Crippen LogP contribution in [0.15, 0.2) is 13.2 Å². The Hall–Kier alpha value is -0.163. The molecular weight excluding hydrogens is 204 g/mol. The number of hydrogen-bond donors (Lipinski definition) is 2. The second kappa shape index (κ2) is 10.4. The molecule has 0 aromatic carbocycles. The van der Waals surface area contributed by atoms with E-state index >= 15 is 0 Å². The lowest BCUT2D eigenvalue weighted by Gasteiger charge is -2.33. The van der Waals surface area contributed by atoms with Crippen LogP contribution < -0.4 is 11.5 Å². The Bertz CT molecular complexity index is 125. The third-order valence-electron chi connectivity index (χ3n) is 1.54. The molecule has 0 spiro atoms. The molecule has 3 nitrogen and oxygen atoms in total. The molecule has 0 aliphatic carbocycles. The van der Waals surface area contributed by atoms with Gasteiger partial charge < -0.3 is 15.9 Å². The van der Waals surface area contributed by atoms with Crippen molar-refractivity contribution in [3.05, 3.63) is 13.2 Å². The highest BCUT2D eigenvalue weighted by Gasteiger charge is 2.28. The Morgan fingerprint density at radius 3 is 1.67 bits per heavy atom.